The van der Waals surface area contributed by atoms with Gasteiger partial charge in [0.15, 0.2) is 34.9 Å². The lowest BCUT2D eigenvalue weighted by Gasteiger charge is -2.42. The zero-order valence-corrected chi connectivity index (χ0v) is 27.8. The van der Waals surface area contributed by atoms with Crippen molar-refractivity contribution in [2.75, 3.05) is 26.9 Å². The first kappa shape index (κ1) is 37.5. The van der Waals surface area contributed by atoms with Crippen LogP contribution in [-0.2, 0) is 23.7 Å². The van der Waals surface area contributed by atoms with Crippen LogP contribution in [0, 0.1) is 0 Å². The first-order valence-electron chi connectivity index (χ1n) is 16.1. The van der Waals surface area contributed by atoms with Crippen molar-refractivity contribution >= 4 is 23.0 Å². The summed E-state index contributed by atoms with van der Waals surface area (Å²) in [6, 6.07) is 13.6. The highest BCUT2D eigenvalue weighted by atomic mass is 16.8. The quantitative estimate of drug-likeness (QED) is 0.0768. The molecular formula is C36H36O17. The van der Waals surface area contributed by atoms with Crippen LogP contribution in [0.25, 0.3) is 28.4 Å². The molecular weight excluding hydrogens is 704 g/mol. The second-order valence-corrected chi connectivity index (χ2v) is 12.4. The minimum absolute atomic E-state index is 0.0101. The molecule has 1 aromatic heterocycles. The summed E-state index contributed by atoms with van der Waals surface area (Å²) in [7, 11) is 1.36. The molecule has 8 N–H and O–H groups in total. The molecule has 0 saturated carbocycles. The summed E-state index contributed by atoms with van der Waals surface area (Å²) < 4.78 is 38.8. The van der Waals surface area contributed by atoms with Gasteiger partial charge in [0.1, 0.15) is 65.0 Å². The van der Waals surface area contributed by atoms with E-state index in [1.165, 1.54) is 61.7 Å². The molecule has 2 fully saturated rings. The minimum Gasteiger partial charge on any atom is -0.508 e. The molecule has 8 atom stereocenters. The van der Waals surface area contributed by atoms with Gasteiger partial charge in [0.2, 0.25) is 6.29 Å². The summed E-state index contributed by atoms with van der Waals surface area (Å²) in [5.74, 6) is -1.43. The summed E-state index contributed by atoms with van der Waals surface area (Å²) in [6.07, 6.45) is -9.42. The number of methoxy groups -OCH3 is 1. The number of ether oxygens (including phenoxy) is 6. The van der Waals surface area contributed by atoms with Crippen molar-refractivity contribution in [3.8, 4) is 40.1 Å². The molecule has 0 spiro atoms. The first-order chi connectivity index (χ1) is 25.3. The predicted octanol–water partition coefficient (Wildman–Crippen LogP) is 0.493. The third-order valence-electron chi connectivity index (χ3n) is 8.69. The van der Waals surface area contributed by atoms with Crippen molar-refractivity contribution in [3.05, 3.63) is 82.5 Å². The van der Waals surface area contributed by atoms with Gasteiger partial charge < -0.3 is 73.7 Å². The predicted molar refractivity (Wildman–Crippen MR) is 180 cm³/mol. The number of hydrogen-bond donors (Lipinski definition) is 8. The monoisotopic (exact) mass is 740 g/mol. The Bertz CT molecular complexity index is 2030. The number of phenols is 3. The molecule has 3 heterocycles. The highest BCUT2D eigenvalue weighted by Gasteiger charge is 2.54. The SMILES string of the molecule is COc1cc(C=CC(=O)OCC2(O)COC(OC3C(Oc4cc(O)c5c(=O)cc(-c6ccc(O)cc6)oc5c4)OC(CO)C(O)C3O)C2O)ccc1O. The van der Waals surface area contributed by atoms with Crippen molar-refractivity contribution in [2.24, 2.45) is 0 Å². The number of aromatic hydroxyl groups is 3. The number of fused-ring (bicyclic) bond motifs is 1. The number of rotatable bonds is 11. The lowest BCUT2D eigenvalue weighted by molar-refractivity contribution is -0.318. The van der Waals surface area contributed by atoms with Gasteiger partial charge in [0.05, 0.1) is 20.3 Å². The van der Waals surface area contributed by atoms with Gasteiger partial charge in [-0.15, -0.1) is 0 Å². The van der Waals surface area contributed by atoms with Crippen LogP contribution in [0.5, 0.6) is 28.7 Å². The Morgan fingerprint density at radius 1 is 0.962 bits per heavy atom. The van der Waals surface area contributed by atoms with E-state index in [0.717, 1.165) is 18.2 Å². The van der Waals surface area contributed by atoms with E-state index in [0.29, 0.717) is 11.1 Å². The maximum Gasteiger partial charge on any atom is 0.330 e. The summed E-state index contributed by atoms with van der Waals surface area (Å²) >= 11 is 0. The highest BCUT2D eigenvalue weighted by molar-refractivity contribution is 5.87. The summed E-state index contributed by atoms with van der Waals surface area (Å²) in [6.45, 7) is -2.10. The van der Waals surface area contributed by atoms with Gasteiger partial charge in [-0.3, -0.25) is 4.79 Å². The molecule has 3 aromatic carbocycles. The van der Waals surface area contributed by atoms with Crippen LogP contribution in [0.1, 0.15) is 5.56 Å². The Kier molecular flexibility index (Phi) is 10.9. The fourth-order valence-corrected chi connectivity index (χ4v) is 5.77. The Labute approximate surface area is 299 Å². The molecule has 0 bridgehead atoms. The number of aliphatic hydroxyl groups is 5. The van der Waals surface area contributed by atoms with E-state index in [2.05, 4.69) is 0 Å². The number of phenolic OH excluding ortho intramolecular Hbond substituents is 3. The van der Waals surface area contributed by atoms with Gasteiger partial charge in [0.25, 0.3) is 0 Å². The van der Waals surface area contributed by atoms with Crippen LogP contribution < -0.4 is 14.9 Å². The molecule has 2 saturated heterocycles. The molecule has 4 aromatic rings. The Morgan fingerprint density at radius 2 is 1.72 bits per heavy atom. The number of hydrogen-bond acceptors (Lipinski definition) is 17. The Hall–Kier alpha value is -5.24. The van der Waals surface area contributed by atoms with E-state index in [9.17, 15) is 50.4 Å². The van der Waals surface area contributed by atoms with Gasteiger partial charge in [0, 0.05) is 29.8 Å². The van der Waals surface area contributed by atoms with E-state index in [1.807, 2.05) is 0 Å². The summed E-state index contributed by atoms with van der Waals surface area (Å²) in [4.78, 5) is 25.3. The Balaban J connectivity index is 1.17. The number of benzene rings is 3. The van der Waals surface area contributed by atoms with E-state index in [1.54, 1.807) is 0 Å². The van der Waals surface area contributed by atoms with Crippen molar-refractivity contribution in [1.29, 1.82) is 0 Å². The van der Waals surface area contributed by atoms with Crippen molar-refractivity contribution in [2.45, 2.75) is 48.7 Å². The zero-order valence-electron chi connectivity index (χ0n) is 27.8. The fourth-order valence-electron chi connectivity index (χ4n) is 5.77. The molecule has 2 aliphatic heterocycles. The number of carbonyl (C=O) groups excluding carboxylic acids is 1. The molecule has 0 radical (unpaired) electrons. The molecule has 6 rings (SSSR count). The maximum absolute atomic E-state index is 12.9. The third-order valence-corrected chi connectivity index (χ3v) is 8.69. The van der Waals surface area contributed by atoms with Crippen LogP contribution in [0.3, 0.4) is 0 Å². The lowest BCUT2D eigenvalue weighted by Crippen LogP contribution is -2.62. The summed E-state index contributed by atoms with van der Waals surface area (Å²) in [5, 5.41) is 83.4. The molecule has 17 heteroatoms. The van der Waals surface area contributed by atoms with Crippen LogP contribution in [0.15, 0.2) is 76.0 Å². The Morgan fingerprint density at radius 3 is 2.43 bits per heavy atom. The van der Waals surface area contributed by atoms with Gasteiger partial charge >= 0.3 is 5.97 Å². The van der Waals surface area contributed by atoms with Gasteiger partial charge in [-0.05, 0) is 48.0 Å². The molecule has 282 valence electrons. The van der Waals surface area contributed by atoms with Crippen LogP contribution in [0.2, 0.25) is 0 Å². The standard InChI is InChI=1S/C36H36O17/c1-47-25-10-17(2-8-21(25)39)3-9-28(42)48-15-36(46)16-49-35(33(36)45)53-32-31(44)30(43)27(14-37)52-34(32)50-20-11-22(40)29-23(41)13-24(51-26(29)12-20)18-4-6-19(38)7-5-18/h2-13,27,30-35,37-40,43-46H,14-16H2,1H3. The zero-order chi connectivity index (χ0) is 38.0. The van der Waals surface area contributed by atoms with Gasteiger partial charge in [-0.25, -0.2) is 4.79 Å². The highest BCUT2D eigenvalue weighted by Crippen LogP contribution is 2.36. The van der Waals surface area contributed by atoms with E-state index in [-0.39, 0.29) is 39.7 Å². The third kappa shape index (κ3) is 7.92. The molecule has 0 aliphatic carbocycles. The normalized spacial score (nSPS) is 27.2. The topological polar surface area (TPSA) is 264 Å². The van der Waals surface area contributed by atoms with Crippen molar-refractivity contribution in [1.82, 2.24) is 0 Å². The smallest absolute Gasteiger partial charge is 0.330 e. The lowest BCUT2D eigenvalue weighted by atomic mass is 9.98. The largest absolute Gasteiger partial charge is 0.508 e. The molecule has 2 aliphatic rings. The van der Waals surface area contributed by atoms with E-state index in [4.69, 9.17) is 32.8 Å². The van der Waals surface area contributed by atoms with Crippen LogP contribution >= 0.6 is 0 Å². The minimum atomic E-state index is -2.18. The number of aliphatic hydroxyl groups excluding tert-OH is 4. The van der Waals surface area contributed by atoms with Gasteiger partial charge in [-0.2, -0.15) is 0 Å². The number of esters is 1. The number of carbonyl (C=O) groups is 1. The molecule has 53 heavy (non-hydrogen) atoms. The van der Waals surface area contributed by atoms with Crippen LogP contribution in [0.4, 0.5) is 0 Å². The van der Waals surface area contributed by atoms with Crippen LogP contribution in [-0.4, -0.2) is 122 Å². The molecule has 8 unspecified atom stereocenters. The average Bonchev–Trinajstić information content (AvgIpc) is 3.42. The summed E-state index contributed by atoms with van der Waals surface area (Å²) in [5.41, 5.74) is -1.96. The average molecular weight is 741 g/mol. The molecule has 17 nitrogen and oxygen atoms in total. The maximum atomic E-state index is 12.9. The first-order valence-corrected chi connectivity index (χ1v) is 16.1. The van der Waals surface area contributed by atoms with E-state index < -0.39 is 85.7 Å². The van der Waals surface area contributed by atoms with Crippen molar-refractivity contribution in [3.63, 3.8) is 0 Å². The second-order valence-electron chi connectivity index (χ2n) is 12.4. The van der Waals surface area contributed by atoms with E-state index >= 15 is 0 Å². The molecule has 0 amide bonds. The van der Waals surface area contributed by atoms with Crippen molar-refractivity contribution < 1.29 is 78.5 Å². The fraction of sp³-hybridized carbons (Fsp3) is 0.333. The van der Waals surface area contributed by atoms with Gasteiger partial charge in [-0.1, -0.05) is 6.07 Å². The second kappa shape index (κ2) is 15.4.